The molecule has 0 saturated heterocycles. The van der Waals surface area contributed by atoms with Crippen molar-refractivity contribution in [3.63, 3.8) is 0 Å². The summed E-state index contributed by atoms with van der Waals surface area (Å²) >= 11 is 6.02. The first-order valence-electron chi connectivity index (χ1n) is 10.5. The van der Waals surface area contributed by atoms with Crippen LogP contribution in [0.2, 0.25) is 31.0 Å². The molecule has 31 heavy (non-hydrogen) atoms. The van der Waals surface area contributed by atoms with Crippen LogP contribution in [0.25, 0.3) is 22.6 Å². The zero-order valence-corrected chi connectivity index (χ0v) is 19.7. The average molecular weight is 460 g/mol. The van der Waals surface area contributed by atoms with Crippen molar-refractivity contribution in [1.29, 1.82) is 0 Å². The summed E-state index contributed by atoms with van der Waals surface area (Å²) in [7, 11) is -1.22. The van der Waals surface area contributed by atoms with Gasteiger partial charge in [-0.2, -0.15) is 0 Å². The number of H-pyrrole nitrogens is 1. The number of hydrogen-bond acceptors (Lipinski definition) is 5. The topological polar surface area (TPSA) is 89.7 Å². The zero-order valence-electron chi connectivity index (χ0n) is 18.0. The van der Waals surface area contributed by atoms with Gasteiger partial charge in [0.1, 0.15) is 17.6 Å². The lowest BCUT2D eigenvalue weighted by Crippen LogP contribution is -2.23. The quantitative estimate of drug-likeness (QED) is 0.255. The average Bonchev–Trinajstić information content (AvgIpc) is 3.45. The number of hydrogen-bond donors (Lipinski definition) is 2. The molecular formula is C22H27ClFN5OSi. The molecule has 0 aliphatic heterocycles. The van der Waals surface area contributed by atoms with E-state index in [0.717, 1.165) is 18.9 Å². The largest absolute Gasteiger partial charge is 0.396 e. The molecule has 1 fully saturated rings. The van der Waals surface area contributed by atoms with Gasteiger partial charge >= 0.3 is 0 Å². The maximum Gasteiger partial charge on any atom is 0.222 e. The van der Waals surface area contributed by atoms with E-state index in [2.05, 4.69) is 34.6 Å². The molecule has 6 nitrogen and oxygen atoms in total. The Bertz CT molecular complexity index is 1080. The van der Waals surface area contributed by atoms with Crippen molar-refractivity contribution < 1.29 is 9.13 Å². The normalized spacial score (nSPS) is 15.3. The zero-order chi connectivity index (χ0) is 22.2. The Morgan fingerprint density at radius 3 is 2.71 bits per heavy atom. The number of benzene rings is 1. The standard InChI is InChI=1S/C22H27ClFN5OSi/c1-31(2,3)12-11-30-20(13-7-8-13)21-28-18(14-5-4-6-15(25)17(14)24)19(29-21)16-9-10-26-22(23)27-16/h4-6,9-10,13,20H,7-8,11-12,25H2,1-3H3,(H,28,29). The third-order valence-corrected chi connectivity index (χ3v) is 7.24. The van der Waals surface area contributed by atoms with Crippen molar-refractivity contribution in [2.75, 3.05) is 12.3 Å². The smallest absolute Gasteiger partial charge is 0.222 e. The van der Waals surface area contributed by atoms with Crippen LogP contribution in [0, 0.1) is 11.7 Å². The molecule has 0 spiro atoms. The van der Waals surface area contributed by atoms with Crippen LogP contribution in [-0.4, -0.2) is 34.6 Å². The van der Waals surface area contributed by atoms with Gasteiger partial charge in [0.2, 0.25) is 5.28 Å². The highest BCUT2D eigenvalue weighted by Crippen LogP contribution is 2.44. The molecule has 1 saturated carbocycles. The number of aromatic nitrogens is 4. The lowest BCUT2D eigenvalue weighted by molar-refractivity contribution is 0.0402. The first-order valence-corrected chi connectivity index (χ1v) is 14.6. The lowest BCUT2D eigenvalue weighted by Gasteiger charge is -2.19. The summed E-state index contributed by atoms with van der Waals surface area (Å²) in [4.78, 5) is 16.4. The summed E-state index contributed by atoms with van der Waals surface area (Å²) in [5, 5.41) is 0.109. The van der Waals surface area contributed by atoms with Crippen LogP contribution < -0.4 is 5.73 Å². The monoisotopic (exact) mass is 459 g/mol. The lowest BCUT2D eigenvalue weighted by atomic mass is 10.1. The van der Waals surface area contributed by atoms with E-state index < -0.39 is 13.9 Å². The summed E-state index contributed by atoms with van der Waals surface area (Å²) in [5.41, 5.74) is 7.74. The summed E-state index contributed by atoms with van der Waals surface area (Å²) in [6, 6.07) is 7.69. The Morgan fingerprint density at radius 1 is 1.26 bits per heavy atom. The highest BCUT2D eigenvalue weighted by molar-refractivity contribution is 6.76. The molecular weight excluding hydrogens is 433 g/mol. The number of nitrogen functional groups attached to an aromatic ring is 1. The molecule has 1 aromatic carbocycles. The molecule has 1 aliphatic rings. The van der Waals surface area contributed by atoms with Gasteiger partial charge in [-0.15, -0.1) is 0 Å². The summed E-state index contributed by atoms with van der Waals surface area (Å²) in [6.45, 7) is 7.67. The van der Waals surface area contributed by atoms with Crippen LogP contribution >= 0.6 is 11.6 Å². The van der Waals surface area contributed by atoms with Crippen LogP contribution in [0.15, 0.2) is 30.5 Å². The number of imidazole rings is 1. The molecule has 4 rings (SSSR count). The molecule has 0 radical (unpaired) electrons. The van der Waals surface area contributed by atoms with Crippen molar-refractivity contribution in [1.82, 2.24) is 19.9 Å². The van der Waals surface area contributed by atoms with Crippen LogP contribution in [0.1, 0.15) is 24.8 Å². The molecule has 2 aromatic heterocycles. The molecule has 1 unspecified atom stereocenters. The van der Waals surface area contributed by atoms with Gasteiger partial charge in [0.05, 0.1) is 17.1 Å². The first kappa shape index (κ1) is 21.9. The molecule has 164 valence electrons. The predicted molar refractivity (Wildman–Crippen MR) is 124 cm³/mol. The van der Waals surface area contributed by atoms with E-state index in [1.54, 1.807) is 24.4 Å². The Balaban J connectivity index is 1.76. The predicted octanol–water partition coefficient (Wildman–Crippen LogP) is 5.71. The number of ether oxygens (including phenoxy) is 1. The Morgan fingerprint density at radius 2 is 2.03 bits per heavy atom. The second-order valence-corrected chi connectivity index (χ2v) is 15.2. The van der Waals surface area contributed by atoms with E-state index in [0.29, 0.717) is 41.0 Å². The molecule has 0 bridgehead atoms. The number of halogens is 2. The van der Waals surface area contributed by atoms with Crippen LogP contribution in [-0.2, 0) is 4.74 Å². The van der Waals surface area contributed by atoms with Gasteiger partial charge in [-0.3, -0.25) is 0 Å². The van der Waals surface area contributed by atoms with Gasteiger partial charge in [0, 0.05) is 26.4 Å². The fraction of sp³-hybridized carbons (Fsp3) is 0.409. The van der Waals surface area contributed by atoms with E-state index >= 15 is 0 Å². The van der Waals surface area contributed by atoms with E-state index in [4.69, 9.17) is 27.1 Å². The van der Waals surface area contributed by atoms with Gasteiger partial charge < -0.3 is 15.5 Å². The summed E-state index contributed by atoms with van der Waals surface area (Å²) in [5.74, 6) is 0.581. The highest BCUT2D eigenvalue weighted by atomic mass is 35.5. The number of anilines is 1. The number of nitrogens with one attached hydrogen (secondary N) is 1. The van der Waals surface area contributed by atoms with Crippen LogP contribution in [0.5, 0.6) is 0 Å². The SMILES string of the molecule is C[Si](C)(C)CCOC(c1nc(-c2cccc(N)c2F)c(-c2ccnc(Cl)n2)[nH]1)C1CC1. The van der Waals surface area contributed by atoms with Crippen LogP contribution in [0.4, 0.5) is 10.1 Å². The number of nitrogens with zero attached hydrogens (tertiary/aromatic N) is 3. The fourth-order valence-corrected chi connectivity index (χ4v) is 4.32. The van der Waals surface area contributed by atoms with Gasteiger partial charge in [0.15, 0.2) is 5.82 Å². The molecule has 2 heterocycles. The number of aromatic amines is 1. The maximum atomic E-state index is 14.9. The first-order chi connectivity index (χ1) is 14.7. The van der Waals surface area contributed by atoms with Crippen LogP contribution in [0.3, 0.4) is 0 Å². The van der Waals surface area contributed by atoms with E-state index in [1.807, 2.05) is 0 Å². The Labute approximate surface area is 187 Å². The molecule has 0 amide bonds. The van der Waals surface area contributed by atoms with Crippen molar-refractivity contribution in [3.8, 4) is 22.6 Å². The van der Waals surface area contributed by atoms with Crippen molar-refractivity contribution in [2.45, 2.75) is 44.6 Å². The Kier molecular flexibility index (Phi) is 6.14. The fourth-order valence-electron chi connectivity index (χ4n) is 3.44. The van der Waals surface area contributed by atoms with E-state index in [1.165, 1.54) is 6.07 Å². The van der Waals surface area contributed by atoms with E-state index in [9.17, 15) is 4.39 Å². The molecule has 3 N–H and O–H groups in total. The third kappa shape index (κ3) is 5.14. The molecule has 3 aromatic rings. The Hall–Kier alpha value is -2.29. The van der Waals surface area contributed by atoms with Gasteiger partial charge in [-0.05, 0) is 54.6 Å². The van der Waals surface area contributed by atoms with Crippen molar-refractivity contribution >= 4 is 25.4 Å². The van der Waals surface area contributed by atoms with Crippen molar-refractivity contribution in [2.24, 2.45) is 5.92 Å². The molecule has 1 atom stereocenters. The summed E-state index contributed by atoms with van der Waals surface area (Å²) < 4.78 is 21.2. The maximum absolute atomic E-state index is 14.9. The van der Waals surface area contributed by atoms with Crippen molar-refractivity contribution in [3.05, 3.63) is 47.4 Å². The summed E-state index contributed by atoms with van der Waals surface area (Å²) in [6.07, 6.45) is 3.59. The second kappa shape index (κ2) is 8.68. The highest BCUT2D eigenvalue weighted by Gasteiger charge is 2.36. The number of rotatable bonds is 8. The number of nitrogens with two attached hydrogens (primary N) is 1. The minimum Gasteiger partial charge on any atom is -0.396 e. The minimum absolute atomic E-state index is 0.0684. The van der Waals surface area contributed by atoms with Gasteiger partial charge in [-0.25, -0.2) is 19.3 Å². The van der Waals surface area contributed by atoms with Gasteiger partial charge in [-0.1, -0.05) is 25.7 Å². The van der Waals surface area contributed by atoms with E-state index in [-0.39, 0.29) is 17.1 Å². The minimum atomic E-state index is -1.22. The third-order valence-electron chi connectivity index (χ3n) is 5.36. The second-order valence-electron chi connectivity index (χ2n) is 9.20. The molecule has 1 aliphatic carbocycles. The molecule has 9 heteroatoms. The van der Waals surface area contributed by atoms with Gasteiger partial charge in [0.25, 0.3) is 0 Å².